The first-order valence-corrected chi connectivity index (χ1v) is 10.8. The number of fused-ring (bicyclic) bond motifs is 3. The first-order valence-electron chi connectivity index (χ1n) is 10.8. The largest absolute Gasteiger partial charge is 0.493 e. The molecular weight excluding hydrogens is 416 g/mol. The van der Waals surface area contributed by atoms with Crippen LogP contribution in [0.15, 0.2) is 42.1 Å². The van der Waals surface area contributed by atoms with Crippen molar-refractivity contribution in [1.29, 1.82) is 0 Å². The van der Waals surface area contributed by atoms with Crippen molar-refractivity contribution in [2.75, 3.05) is 13.7 Å². The van der Waals surface area contributed by atoms with E-state index in [9.17, 15) is 13.6 Å². The smallest absolute Gasteiger partial charge is 0.397 e. The minimum absolute atomic E-state index is 0.0113. The van der Waals surface area contributed by atoms with Gasteiger partial charge in [0.15, 0.2) is 11.5 Å². The van der Waals surface area contributed by atoms with E-state index in [1.807, 2.05) is 6.08 Å². The molecule has 0 bridgehead atoms. The molecule has 2 aliphatic heterocycles. The van der Waals surface area contributed by atoms with Crippen LogP contribution in [-0.4, -0.2) is 36.7 Å². The fourth-order valence-corrected chi connectivity index (χ4v) is 3.99. The predicted molar refractivity (Wildman–Crippen MR) is 119 cm³/mol. The van der Waals surface area contributed by atoms with Gasteiger partial charge in [-0.2, -0.15) is 8.78 Å². The van der Waals surface area contributed by atoms with E-state index >= 15 is 0 Å². The normalized spacial score (nSPS) is 18.3. The van der Waals surface area contributed by atoms with E-state index in [0.717, 1.165) is 16.8 Å². The van der Waals surface area contributed by atoms with E-state index in [0.29, 0.717) is 17.6 Å². The molecule has 32 heavy (non-hydrogen) atoms. The Morgan fingerprint density at radius 1 is 1.22 bits per heavy atom. The number of nitrogens with zero attached hydrogens (tertiary/aromatic N) is 1. The Morgan fingerprint density at radius 2 is 1.91 bits per heavy atom. The van der Waals surface area contributed by atoms with Crippen LogP contribution in [-0.2, 0) is 16.0 Å². The number of rotatable bonds is 6. The summed E-state index contributed by atoms with van der Waals surface area (Å²) in [5.41, 5.74) is 3.29. The van der Waals surface area contributed by atoms with E-state index in [4.69, 9.17) is 14.2 Å². The highest BCUT2D eigenvalue weighted by Gasteiger charge is 2.40. The zero-order chi connectivity index (χ0) is 23.8. The summed E-state index contributed by atoms with van der Waals surface area (Å²) in [7, 11) is 1.42. The zero-order valence-corrected chi connectivity index (χ0v) is 19.6. The van der Waals surface area contributed by atoms with Crippen LogP contribution in [0.25, 0.3) is 5.70 Å². The number of hydrogen-bond acceptors (Lipinski definition) is 5. The quantitative estimate of drug-likeness (QED) is 0.523. The summed E-state index contributed by atoms with van der Waals surface area (Å²) < 4.78 is 43.6. The number of carbonyl (C=O) groups is 1. The van der Waals surface area contributed by atoms with E-state index in [2.05, 4.69) is 32.3 Å². The van der Waals surface area contributed by atoms with Crippen molar-refractivity contribution >= 4 is 11.7 Å². The second kappa shape index (κ2) is 8.60. The zero-order valence-electron chi connectivity index (χ0n) is 19.6. The molecule has 0 radical (unpaired) electrons. The number of esters is 1. The van der Waals surface area contributed by atoms with Crippen LogP contribution in [0.4, 0.5) is 8.78 Å². The number of halogens is 2. The van der Waals surface area contributed by atoms with Crippen LogP contribution >= 0.6 is 0 Å². The molecule has 0 saturated heterocycles. The molecule has 1 aromatic carbocycles. The fraction of sp³-hybridized carbons (Fsp3) is 0.480. The third-order valence-electron chi connectivity index (χ3n) is 5.78. The van der Waals surface area contributed by atoms with Crippen molar-refractivity contribution in [1.82, 2.24) is 4.90 Å². The minimum Gasteiger partial charge on any atom is -0.493 e. The molecule has 5 nitrogen and oxygen atoms in total. The van der Waals surface area contributed by atoms with Gasteiger partial charge in [0.05, 0.1) is 19.3 Å². The van der Waals surface area contributed by atoms with Crippen LogP contribution in [0.5, 0.6) is 11.5 Å². The third kappa shape index (κ3) is 4.52. The highest BCUT2D eigenvalue weighted by molar-refractivity contribution is 5.96. The van der Waals surface area contributed by atoms with Gasteiger partial charge in [0.25, 0.3) is 0 Å². The SMILES string of the molecule is C=C1C=C2c3cc(OC)c(OC(F)(F)CC)cc3CC(C(C)(C)C)N2C=C1C(=O)OCC. The number of carbonyl (C=O) groups excluding carboxylic acids is 1. The van der Waals surface area contributed by atoms with Crippen LogP contribution in [0.1, 0.15) is 52.2 Å². The summed E-state index contributed by atoms with van der Waals surface area (Å²) in [6.07, 6.45) is 0.465. The monoisotopic (exact) mass is 447 g/mol. The van der Waals surface area contributed by atoms with Crippen LogP contribution < -0.4 is 9.47 Å². The standard InChI is InChI=1S/C25H31F2NO4/c1-8-25(26,27)32-21-11-16-12-22(24(4,5)6)28-14-18(23(29)31-9-2)15(3)10-19(28)17(16)13-20(21)30-7/h10-11,13-14,22H,3,8-9,12H2,1-2,4-7H3. The van der Waals surface area contributed by atoms with Gasteiger partial charge in [0.2, 0.25) is 0 Å². The Labute approximate surface area is 188 Å². The number of benzene rings is 1. The maximum atomic E-state index is 14.0. The lowest BCUT2D eigenvalue weighted by Crippen LogP contribution is -2.46. The summed E-state index contributed by atoms with van der Waals surface area (Å²) in [5.74, 6) is -0.190. The van der Waals surface area contributed by atoms with Crippen LogP contribution in [0.2, 0.25) is 0 Å². The van der Waals surface area contributed by atoms with E-state index in [-0.39, 0.29) is 29.6 Å². The number of methoxy groups -OCH3 is 1. The summed E-state index contributed by atoms with van der Waals surface area (Å²) in [4.78, 5) is 14.5. The summed E-state index contributed by atoms with van der Waals surface area (Å²) in [6, 6.07) is 3.32. The minimum atomic E-state index is -3.29. The topological polar surface area (TPSA) is 48.0 Å². The Morgan fingerprint density at radius 3 is 2.47 bits per heavy atom. The van der Waals surface area contributed by atoms with Gasteiger partial charge < -0.3 is 19.1 Å². The van der Waals surface area contributed by atoms with Gasteiger partial charge >= 0.3 is 12.1 Å². The molecule has 2 heterocycles. The molecule has 0 saturated carbocycles. The van der Waals surface area contributed by atoms with Crippen molar-refractivity contribution in [3.63, 3.8) is 0 Å². The lowest BCUT2D eigenvalue weighted by atomic mass is 9.76. The third-order valence-corrected chi connectivity index (χ3v) is 5.78. The van der Waals surface area contributed by atoms with Crippen molar-refractivity contribution in [3.05, 3.63) is 53.3 Å². The molecule has 2 aliphatic rings. The molecule has 174 valence electrons. The first-order chi connectivity index (χ1) is 14.9. The number of hydrogen-bond donors (Lipinski definition) is 0. The number of ether oxygens (including phenoxy) is 3. The summed E-state index contributed by atoms with van der Waals surface area (Å²) in [6.45, 7) is 13.8. The molecule has 0 aromatic heterocycles. The van der Waals surface area contributed by atoms with Crippen LogP contribution in [0.3, 0.4) is 0 Å². The first kappa shape index (κ1) is 23.8. The Balaban J connectivity index is 2.14. The van der Waals surface area contributed by atoms with Crippen molar-refractivity contribution in [3.8, 4) is 11.5 Å². The van der Waals surface area contributed by atoms with Crippen molar-refractivity contribution in [2.45, 2.75) is 59.6 Å². The molecular formula is C25H31F2NO4. The lowest BCUT2D eigenvalue weighted by Gasteiger charge is -2.46. The van der Waals surface area contributed by atoms with Gasteiger partial charge in [-0.05, 0) is 48.1 Å². The molecule has 0 spiro atoms. The maximum absolute atomic E-state index is 14.0. The van der Waals surface area contributed by atoms with Gasteiger partial charge in [-0.1, -0.05) is 34.3 Å². The van der Waals surface area contributed by atoms with Crippen molar-refractivity contribution < 1.29 is 27.8 Å². The Hall–Kier alpha value is -2.83. The lowest BCUT2D eigenvalue weighted by molar-refractivity contribution is -0.178. The van der Waals surface area contributed by atoms with Crippen molar-refractivity contribution in [2.24, 2.45) is 5.41 Å². The molecule has 7 heteroatoms. The molecule has 1 atom stereocenters. The molecule has 0 amide bonds. The molecule has 1 aromatic rings. The second-order valence-corrected chi connectivity index (χ2v) is 9.06. The van der Waals surface area contributed by atoms with E-state index in [1.165, 1.54) is 14.0 Å². The van der Waals surface area contributed by atoms with Gasteiger partial charge in [0, 0.05) is 29.9 Å². The van der Waals surface area contributed by atoms with Gasteiger partial charge in [0.1, 0.15) is 0 Å². The number of allylic oxidation sites excluding steroid dienone is 1. The predicted octanol–water partition coefficient (Wildman–Crippen LogP) is 5.71. The molecule has 0 aliphatic carbocycles. The van der Waals surface area contributed by atoms with Crippen LogP contribution in [0, 0.1) is 5.41 Å². The summed E-state index contributed by atoms with van der Waals surface area (Å²) >= 11 is 0. The fourth-order valence-electron chi connectivity index (χ4n) is 3.99. The molecule has 1 unspecified atom stereocenters. The molecule has 0 fully saturated rings. The second-order valence-electron chi connectivity index (χ2n) is 9.06. The number of alkyl halides is 2. The average molecular weight is 448 g/mol. The van der Waals surface area contributed by atoms with E-state index in [1.54, 1.807) is 25.3 Å². The van der Waals surface area contributed by atoms with Gasteiger partial charge in [-0.15, -0.1) is 0 Å². The van der Waals surface area contributed by atoms with Gasteiger partial charge in [-0.25, -0.2) is 4.79 Å². The maximum Gasteiger partial charge on any atom is 0.397 e. The highest BCUT2D eigenvalue weighted by atomic mass is 19.3. The summed E-state index contributed by atoms with van der Waals surface area (Å²) in [5, 5.41) is 0. The van der Waals surface area contributed by atoms with Gasteiger partial charge in [-0.3, -0.25) is 0 Å². The average Bonchev–Trinajstić information content (AvgIpc) is 2.71. The highest BCUT2D eigenvalue weighted by Crippen LogP contribution is 2.46. The molecule has 0 N–H and O–H groups in total. The molecule has 3 rings (SSSR count). The van der Waals surface area contributed by atoms with E-state index < -0.39 is 18.5 Å². The Kier molecular flexibility index (Phi) is 6.40. The Bertz CT molecular complexity index is 988.